The molecule has 0 bridgehead atoms. The first-order chi connectivity index (χ1) is 15.5. The number of nitrogens with one attached hydrogen (secondary N) is 1. The summed E-state index contributed by atoms with van der Waals surface area (Å²) in [5, 5.41) is 1.22. The zero-order valence-electron chi connectivity index (χ0n) is 17.8. The SMILES string of the molecule is CCOC(=O)CSCCOc1ccc(/C=C2\C(=O)NN(c3ccccc3)C2=O)cc1OC. The molecule has 2 aromatic carbocycles. The van der Waals surface area contributed by atoms with Gasteiger partial charge < -0.3 is 14.2 Å². The number of hydrogen-bond donors (Lipinski definition) is 1. The van der Waals surface area contributed by atoms with Gasteiger partial charge in [-0.15, -0.1) is 11.8 Å². The number of ether oxygens (including phenoxy) is 3. The third-order valence-electron chi connectivity index (χ3n) is 4.42. The Hall–Kier alpha value is -3.46. The van der Waals surface area contributed by atoms with E-state index in [2.05, 4.69) is 5.43 Å². The number of nitrogens with zero attached hydrogens (tertiary/aromatic N) is 1. The minimum Gasteiger partial charge on any atom is -0.493 e. The van der Waals surface area contributed by atoms with Crippen molar-refractivity contribution in [3.63, 3.8) is 0 Å². The predicted molar refractivity (Wildman–Crippen MR) is 122 cm³/mol. The molecule has 1 fully saturated rings. The van der Waals surface area contributed by atoms with Crippen LogP contribution in [0, 0.1) is 0 Å². The smallest absolute Gasteiger partial charge is 0.315 e. The molecule has 8 nitrogen and oxygen atoms in total. The van der Waals surface area contributed by atoms with E-state index in [9.17, 15) is 14.4 Å². The molecule has 3 rings (SSSR count). The molecule has 168 valence electrons. The fraction of sp³-hybridized carbons (Fsp3) is 0.261. The summed E-state index contributed by atoms with van der Waals surface area (Å²) in [4.78, 5) is 36.4. The van der Waals surface area contributed by atoms with Crippen molar-refractivity contribution < 1.29 is 28.6 Å². The molecule has 1 aliphatic heterocycles. The summed E-state index contributed by atoms with van der Waals surface area (Å²) in [6.07, 6.45) is 1.52. The molecule has 0 unspecified atom stereocenters. The first-order valence-electron chi connectivity index (χ1n) is 10.00. The van der Waals surface area contributed by atoms with Crippen LogP contribution in [0.15, 0.2) is 54.1 Å². The van der Waals surface area contributed by atoms with Gasteiger partial charge in [-0.2, -0.15) is 0 Å². The maximum atomic E-state index is 12.7. The molecule has 0 aromatic heterocycles. The average Bonchev–Trinajstić information content (AvgIpc) is 3.08. The Bertz CT molecular complexity index is 1010. The lowest BCUT2D eigenvalue weighted by Crippen LogP contribution is -2.35. The summed E-state index contributed by atoms with van der Waals surface area (Å²) < 4.78 is 16.0. The molecule has 32 heavy (non-hydrogen) atoms. The number of para-hydroxylation sites is 1. The molecular formula is C23H24N2O6S. The quantitative estimate of drug-likeness (QED) is 0.254. The normalized spacial score (nSPS) is 14.4. The van der Waals surface area contributed by atoms with Crippen molar-refractivity contribution in [2.24, 2.45) is 0 Å². The monoisotopic (exact) mass is 456 g/mol. The maximum Gasteiger partial charge on any atom is 0.315 e. The van der Waals surface area contributed by atoms with Gasteiger partial charge in [-0.3, -0.25) is 19.8 Å². The van der Waals surface area contributed by atoms with Gasteiger partial charge in [0, 0.05) is 5.75 Å². The Morgan fingerprint density at radius 2 is 1.91 bits per heavy atom. The number of esters is 1. The van der Waals surface area contributed by atoms with E-state index < -0.39 is 11.8 Å². The second-order valence-corrected chi connectivity index (χ2v) is 7.70. The van der Waals surface area contributed by atoms with Crippen LogP contribution in [0.25, 0.3) is 6.08 Å². The van der Waals surface area contributed by atoms with Crippen molar-refractivity contribution in [3.05, 3.63) is 59.7 Å². The van der Waals surface area contributed by atoms with Gasteiger partial charge in [-0.05, 0) is 42.8 Å². The highest BCUT2D eigenvalue weighted by atomic mass is 32.2. The molecule has 9 heteroatoms. The highest BCUT2D eigenvalue weighted by Crippen LogP contribution is 2.30. The molecule has 2 amide bonds. The average molecular weight is 457 g/mol. The molecule has 0 aliphatic carbocycles. The second-order valence-electron chi connectivity index (χ2n) is 6.59. The molecule has 1 N–H and O–H groups in total. The van der Waals surface area contributed by atoms with Crippen molar-refractivity contribution in [2.75, 3.05) is 36.8 Å². The summed E-state index contributed by atoms with van der Waals surface area (Å²) in [7, 11) is 1.51. The van der Waals surface area contributed by atoms with Crippen molar-refractivity contribution in [1.82, 2.24) is 5.43 Å². The molecule has 1 aliphatic rings. The van der Waals surface area contributed by atoms with Gasteiger partial charge in [0.15, 0.2) is 11.5 Å². The van der Waals surface area contributed by atoms with E-state index in [-0.39, 0.29) is 17.3 Å². The number of carbonyl (C=O) groups is 3. The lowest BCUT2D eigenvalue weighted by molar-refractivity contribution is -0.139. The van der Waals surface area contributed by atoms with Gasteiger partial charge in [0.2, 0.25) is 0 Å². The van der Waals surface area contributed by atoms with Crippen LogP contribution < -0.4 is 19.9 Å². The van der Waals surface area contributed by atoms with Gasteiger partial charge in [-0.25, -0.2) is 5.01 Å². The minimum atomic E-state index is -0.475. The van der Waals surface area contributed by atoms with Crippen LogP contribution in [0.1, 0.15) is 12.5 Å². The van der Waals surface area contributed by atoms with Gasteiger partial charge in [0.05, 0.1) is 31.8 Å². The lowest BCUT2D eigenvalue weighted by atomic mass is 10.1. The number of thioether (sulfide) groups is 1. The van der Waals surface area contributed by atoms with Crippen molar-refractivity contribution >= 4 is 41.3 Å². The Kier molecular flexibility index (Phi) is 8.15. The topological polar surface area (TPSA) is 94.2 Å². The number of amides is 2. The van der Waals surface area contributed by atoms with Crippen LogP contribution in [-0.4, -0.2) is 49.6 Å². The van der Waals surface area contributed by atoms with E-state index in [0.717, 1.165) is 0 Å². The molecule has 0 atom stereocenters. The Morgan fingerprint density at radius 3 is 2.62 bits per heavy atom. The summed E-state index contributed by atoms with van der Waals surface area (Å²) in [5.74, 6) is 0.731. The first-order valence-corrected chi connectivity index (χ1v) is 11.1. The van der Waals surface area contributed by atoms with E-state index in [1.807, 2.05) is 6.07 Å². The van der Waals surface area contributed by atoms with Gasteiger partial charge in [0.1, 0.15) is 5.57 Å². The lowest BCUT2D eigenvalue weighted by Gasteiger charge is -2.14. The van der Waals surface area contributed by atoms with Crippen LogP contribution in [0.3, 0.4) is 0 Å². The third kappa shape index (κ3) is 5.82. The van der Waals surface area contributed by atoms with E-state index in [0.29, 0.717) is 41.7 Å². The van der Waals surface area contributed by atoms with Crippen LogP contribution in [0.5, 0.6) is 11.5 Å². The van der Waals surface area contributed by atoms with Gasteiger partial charge >= 0.3 is 5.97 Å². The minimum absolute atomic E-state index is 0.0277. The fourth-order valence-corrected chi connectivity index (χ4v) is 3.54. The summed E-state index contributed by atoms with van der Waals surface area (Å²) in [5.41, 5.74) is 3.80. The van der Waals surface area contributed by atoms with E-state index >= 15 is 0 Å². The van der Waals surface area contributed by atoms with Crippen molar-refractivity contribution in [1.29, 1.82) is 0 Å². The zero-order chi connectivity index (χ0) is 22.9. The number of carbonyl (C=O) groups excluding carboxylic acids is 3. The van der Waals surface area contributed by atoms with Crippen molar-refractivity contribution in [3.8, 4) is 11.5 Å². The number of hydrogen-bond acceptors (Lipinski definition) is 7. The molecule has 0 saturated carbocycles. The van der Waals surface area contributed by atoms with Crippen LogP contribution >= 0.6 is 11.8 Å². The molecule has 1 heterocycles. The standard InChI is InChI=1S/C23H24N2O6S/c1-3-30-21(26)15-32-12-11-31-19-10-9-16(14-20(19)29-2)13-18-22(27)24-25(23(18)28)17-7-5-4-6-8-17/h4-10,13-14H,3,11-12,15H2,1-2H3,(H,24,27)/b18-13+. The van der Waals surface area contributed by atoms with Crippen LogP contribution in [0.2, 0.25) is 0 Å². The highest BCUT2D eigenvalue weighted by molar-refractivity contribution is 7.99. The number of benzene rings is 2. The molecule has 0 spiro atoms. The Labute approximate surface area is 190 Å². The van der Waals surface area contributed by atoms with E-state index in [4.69, 9.17) is 14.2 Å². The number of methoxy groups -OCH3 is 1. The maximum absolute atomic E-state index is 12.7. The van der Waals surface area contributed by atoms with Crippen molar-refractivity contribution in [2.45, 2.75) is 6.92 Å². The fourth-order valence-electron chi connectivity index (χ4n) is 2.94. The number of anilines is 1. The molecule has 2 aromatic rings. The Balaban J connectivity index is 1.64. The van der Waals surface area contributed by atoms with Crippen LogP contribution in [0.4, 0.5) is 5.69 Å². The van der Waals surface area contributed by atoms with E-state index in [1.54, 1.807) is 49.4 Å². The van der Waals surface area contributed by atoms with Gasteiger partial charge in [-0.1, -0.05) is 24.3 Å². The highest BCUT2D eigenvalue weighted by Gasteiger charge is 2.34. The zero-order valence-corrected chi connectivity index (χ0v) is 18.6. The van der Waals surface area contributed by atoms with Gasteiger partial charge in [0.25, 0.3) is 11.8 Å². The van der Waals surface area contributed by atoms with Crippen LogP contribution in [-0.2, 0) is 19.1 Å². The second kappa shape index (κ2) is 11.2. The third-order valence-corrected chi connectivity index (χ3v) is 5.31. The predicted octanol–water partition coefficient (Wildman–Crippen LogP) is 2.83. The Morgan fingerprint density at radius 1 is 1.12 bits per heavy atom. The first kappa shape index (κ1) is 23.2. The summed E-state index contributed by atoms with van der Waals surface area (Å²) in [6.45, 7) is 2.52. The van der Waals surface area contributed by atoms with E-state index in [1.165, 1.54) is 30.0 Å². The summed E-state index contributed by atoms with van der Waals surface area (Å²) in [6, 6.07) is 14.0. The largest absolute Gasteiger partial charge is 0.493 e. The number of rotatable bonds is 10. The molecule has 0 radical (unpaired) electrons. The molecule has 1 saturated heterocycles. The molecular weight excluding hydrogens is 432 g/mol. The number of hydrazine groups is 1. The summed E-state index contributed by atoms with van der Waals surface area (Å²) >= 11 is 1.42.